The Labute approximate surface area is 150 Å². The van der Waals surface area contributed by atoms with Crippen molar-refractivity contribution in [3.05, 3.63) is 90.4 Å². The predicted molar refractivity (Wildman–Crippen MR) is 101 cm³/mol. The van der Waals surface area contributed by atoms with Gasteiger partial charge in [-0.15, -0.1) is 0 Å². The molecule has 26 heavy (non-hydrogen) atoms. The van der Waals surface area contributed by atoms with Crippen molar-refractivity contribution in [3.63, 3.8) is 0 Å². The Morgan fingerprint density at radius 2 is 1.81 bits per heavy atom. The van der Waals surface area contributed by atoms with E-state index in [2.05, 4.69) is 15.5 Å². The second-order valence-electron chi connectivity index (χ2n) is 5.65. The van der Waals surface area contributed by atoms with E-state index in [1.807, 2.05) is 54.6 Å². The lowest BCUT2D eigenvalue weighted by Gasteiger charge is -2.08. The molecule has 0 unspecified atom stereocenters. The number of furan rings is 1. The van der Waals surface area contributed by atoms with Crippen molar-refractivity contribution in [1.82, 2.24) is 10.4 Å². The number of hydrogen-bond acceptors (Lipinski definition) is 4. The van der Waals surface area contributed by atoms with Crippen LogP contribution >= 0.6 is 0 Å². The van der Waals surface area contributed by atoms with Crippen molar-refractivity contribution in [3.8, 4) is 11.3 Å². The van der Waals surface area contributed by atoms with Gasteiger partial charge in [-0.25, -0.2) is 10.4 Å². The van der Waals surface area contributed by atoms with E-state index >= 15 is 0 Å². The maximum Gasteiger partial charge on any atom is 0.272 e. The molecule has 4 aromatic rings. The summed E-state index contributed by atoms with van der Waals surface area (Å²) in [6.45, 7) is 0. The Bertz CT molecular complexity index is 1070. The quantitative estimate of drug-likeness (QED) is 0.445. The van der Waals surface area contributed by atoms with E-state index in [1.165, 1.54) is 6.21 Å². The number of aromatic nitrogens is 1. The van der Waals surface area contributed by atoms with Crippen molar-refractivity contribution in [2.75, 3.05) is 0 Å². The smallest absolute Gasteiger partial charge is 0.272 e. The van der Waals surface area contributed by atoms with Crippen LogP contribution in [0.25, 0.3) is 22.2 Å². The fraction of sp³-hybridized carbons (Fsp3) is 0. The molecule has 0 bridgehead atoms. The lowest BCUT2D eigenvalue weighted by atomic mass is 10.0. The number of carbonyl (C=O) groups is 1. The van der Waals surface area contributed by atoms with Crippen LogP contribution in [0.5, 0.6) is 0 Å². The number of hydrogen-bond donors (Lipinski definition) is 1. The molecule has 1 amide bonds. The highest BCUT2D eigenvalue weighted by Crippen LogP contribution is 2.24. The third-order valence-corrected chi connectivity index (χ3v) is 3.93. The number of pyridine rings is 1. The van der Waals surface area contributed by atoms with Gasteiger partial charge in [0.25, 0.3) is 5.91 Å². The van der Waals surface area contributed by atoms with E-state index in [-0.39, 0.29) is 5.91 Å². The topological polar surface area (TPSA) is 67.5 Å². The molecule has 5 nitrogen and oxygen atoms in total. The van der Waals surface area contributed by atoms with Crippen molar-refractivity contribution >= 4 is 23.0 Å². The molecule has 0 radical (unpaired) electrons. The summed E-state index contributed by atoms with van der Waals surface area (Å²) in [6.07, 6.45) is 3.01. The average Bonchev–Trinajstić information content (AvgIpc) is 3.21. The van der Waals surface area contributed by atoms with Gasteiger partial charge < -0.3 is 4.42 Å². The molecule has 0 atom stereocenters. The van der Waals surface area contributed by atoms with Crippen molar-refractivity contribution in [2.45, 2.75) is 0 Å². The van der Waals surface area contributed by atoms with E-state index in [0.717, 1.165) is 22.2 Å². The normalized spacial score (nSPS) is 11.1. The Balaban J connectivity index is 1.72. The Morgan fingerprint density at radius 1 is 1.00 bits per heavy atom. The van der Waals surface area contributed by atoms with Crippen LogP contribution in [0.3, 0.4) is 0 Å². The van der Waals surface area contributed by atoms with Gasteiger partial charge in [-0.1, -0.05) is 48.5 Å². The second kappa shape index (κ2) is 7.03. The summed E-state index contributed by atoms with van der Waals surface area (Å²) >= 11 is 0. The van der Waals surface area contributed by atoms with Gasteiger partial charge in [-0.2, -0.15) is 5.10 Å². The zero-order valence-electron chi connectivity index (χ0n) is 13.8. The van der Waals surface area contributed by atoms with Crippen LogP contribution in [0, 0.1) is 0 Å². The fourth-order valence-electron chi connectivity index (χ4n) is 2.70. The number of hydrazone groups is 1. The number of nitrogens with one attached hydrogen (secondary N) is 1. The molecule has 0 fully saturated rings. The van der Waals surface area contributed by atoms with Crippen LogP contribution in [-0.2, 0) is 0 Å². The standard InChI is InChI=1S/C21H15N3O2/c25-21(24-22-14-16-9-6-12-26-16)18-13-20(15-7-2-1-3-8-15)23-19-11-5-4-10-17(18)19/h1-14H,(H,24,25). The van der Waals surface area contributed by atoms with E-state index in [0.29, 0.717) is 11.3 Å². The van der Waals surface area contributed by atoms with Crippen LogP contribution in [0.4, 0.5) is 0 Å². The van der Waals surface area contributed by atoms with Gasteiger partial charge in [0.05, 0.1) is 29.3 Å². The summed E-state index contributed by atoms with van der Waals surface area (Å²) in [7, 11) is 0. The van der Waals surface area contributed by atoms with Gasteiger partial charge in [0.1, 0.15) is 5.76 Å². The minimum atomic E-state index is -0.302. The van der Waals surface area contributed by atoms with E-state index in [9.17, 15) is 4.79 Å². The SMILES string of the molecule is O=C(NN=Cc1ccco1)c1cc(-c2ccccc2)nc2ccccc12. The first-order valence-electron chi connectivity index (χ1n) is 8.13. The zero-order valence-corrected chi connectivity index (χ0v) is 13.8. The molecule has 0 aliphatic heterocycles. The lowest BCUT2D eigenvalue weighted by Crippen LogP contribution is -2.18. The Kier molecular flexibility index (Phi) is 4.26. The van der Waals surface area contributed by atoms with E-state index < -0.39 is 0 Å². The maximum atomic E-state index is 12.7. The Morgan fingerprint density at radius 3 is 2.62 bits per heavy atom. The largest absolute Gasteiger partial charge is 0.463 e. The maximum absolute atomic E-state index is 12.7. The van der Waals surface area contributed by atoms with Crippen molar-refractivity contribution in [2.24, 2.45) is 5.10 Å². The molecule has 0 saturated carbocycles. The molecule has 126 valence electrons. The monoisotopic (exact) mass is 341 g/mol. The van der Waals surface area contributed by atoms with Crippen LogP contribution in [0.15, 0.2) is 88.6 Å². The van der Waals surface area contributed by atoms with Crippen LogP contribution in [0.1, 0.15) is 16.1 Å². The van der Waals surface area contributed by atoms with Crippen molar-refractivity contribution < 1.29 is 9.21 Å². The van der Waals surface area contributed by atoms with Gasteiger partial charge in [-0.3, -0.25) is 4.79 Å². The molecule has 0 saturated heterocycles. The van der Waals surface area contributed by atoms with E-state index in [1.54, 1.807) is 24.5 Å². The predicted octanol–water partition coefficient (Wildman–Crippen LogP) is 4.26. The van der Waals surface area contributed by atoms with Crippen LogP contribution in [-0.4, -0.2) is 17.1 Å². The second-order valence-corrected chi connectivity index (χ2v) is 5.65. The highest BCUT2D eigenvalue weighted by Gasteiger charge is 2.13. The molecule has 2 heterocycles. The fourth-order valence-corrected chi connectivity index (χ4v) is 2.70. The number of rotatable bonds is 4. The summed E-state index contributed by atoms with van der Waals surface area (Å²) < 4.78 is 5.16. The van der Waals surface area contributed by atoms with Gasteiger partial charge in [-0.05, 0) is 24.3 Å². The highest BCUT2D eigenvalue weighted by atomic mass is 16.3. The molecule has 5 heteroatoms. The van der Waals surface area contributed by atoms with Crippen LogP contribution in [0.2, 0.25) is 0 Å². The molecule has 0 aliphatic carbocycles. The number of fused-ring (bicyclic) bond motifs is 1. The summed E-state index contributed by atoms with van der Waals surface area (Å²) in [5.41, 5.74) is 5.52. The third-order valence-electron chi connectivity index (χ3n) is 3.93. The minimum absolute atomic E-state index is 0.302. The number of benzene rings is 2. The molecular weight excluding hydrogens is 326 g/mol. The highest BCUT2D eigenvalue weighted by molar-refractivity contribution is 6.07. The van der Waals surface area contributed by atoms with Gasteiger partial charge in [0.2, 0.25) is 0 Å². The number of para-hydroxylation sites is 1. The molecule has 2 aromatic carbocycles. The average molecular weight is 341 g/mol. The molecule has 1 N–H and O–H groups in total. The number of carbonyl (C=O) groups excluding carboxylic acids is 1. The van der Waals surface area contributed by atoms with Gasteiger partial charge in [0, 0.05) is 10.9 Å². The molecule has 0 spiro atoms. The minimum Gasteiger partial charge on any atom is -0.463 e. The Hall–Kier alpha value is -3.73. The molecule has 4 rings (SSSR count). The first kappa shape index (κ1) is 15.8. The van der Waals surface area contributed by atoms with E-state index in [4.69, 9.17) is 4.42 Å². The summed E-state index contributed by atoms with van der Waals surface area (Å²) in [5, 5.41) is 4.74. The zero-order chi connectivity index (χ0) is 17.8. The third kappa shape index (κ3) is 3.23. The number of amides is 1. The lowest BCUT2D eigenvalue weighted by molar-refractivity contribution is 0.0956. The summed E-state index contributed by atoms with van der Waals surface area (Å²) in [4.78, 5) is 17.4. The van der Waals surface area contributed by atoms with Gasteiger partial charge in [0.15, 0.2) is 0 Å². The molecule has 0 aliphatic rings. The van der Waals surface area contributed by atoms with Crippen LogP contribution < -0.4 is 5.43 Å². The first-order chi connectivity index (χ1) is 12.8. The summed E-state index contributed by atoms with van der Waals surface area (Å²) in [5.74, 6) is 0.262. The summed E-state index contributed by atoms with van der Waals surface area (Å²) in [6, 6.07) is 22.6. The van der Waals surface area contributed by atoms with Crippen molar-refractivity contribution in [1.29, 1.82) is 0 Å². The number of nitrogens with zero attached hydrogens (tertiary/aromatic N) is 2. The molecular formula is C21H15N3O2. The first-order valence-corrected chi connectivity index (χ1v) is 8.13. The molecule has 2 aromatic heterocycles. The van der Waals surface area contributed by atoms with Gasteiger partial charge >= 0.3 is 0 Å².